The van der Waals surface area contributed by atoms with Crippen LogP contribution in [0.25, 0.3) is 0 Å². The minimum Gasteiger partial charge on any atom is -0.434 e. The monoisotopic (exact) mass is 265 g/mol. The number of H-pyrrole nitrogens is 1. The van der Waals surface area contributed by atoms with Crippen LogP contribution < -0.4 is 10.5 Å². The van der Waals surface area contributed by atoms with Crippen LogP contribution in [0.1, 0.15) is 5.56 Å². The van der Waals surface area contributed by atoms with Crippen molar-refractivity contribution < 1.29 is 18.7 Å². The van der Waals surface area contributed by atoms with Crippen molar-refractivity contribution in [3.8, 4) is 5.75 Å². The summed E-state index contributed by atoms with van der Waals surface area (Å²) in [6.45, 7) is 0.0951. The Morgan fingerprint density at radius 3 is 3.00 bits per heavy atom. The summed E-state index contributed by atoms with van der Waals surface area (Å²) in [6.07, 6.45) is 1.07. The van der Waals surface area contributed by atoms with E-state index < -0.39 is 12.0 Å². The third-order valence-electron chi connectivity index (χ3n) is 2.34. The van der Waals surface area contributed by atoms with E-state index in [1.54, 1.807) is 6.20 Å². The quantitative estimate of drug-likeness (QED) is 0.650. The second-order valence-electron chi connectivity index (χ2n) is 3.72. The molecule has 0 aliphatic heterocycles. The van der Waals surface area contributed by atoms with E-state index in [1.807, 2.05) is 0 Å². The molecule has 0 aliphatic rings. The second kappa shape index (κ2) is 5.85. The topological polar surface area (TPSA) is 90.2 Å². The van der Waals surface area contributed by atoms with E-state index >= 15 is 0 Å². The molecule has 2 aromatic rings. The molecule has 0 saturated heterocycles. The van der Waals surface area contributed by atoms with Crippen molar-refractivity contribution in [1.82, 2.24) is 10.2 Å². The van der Waals surface area contributed by atoms with Crippen LogP contribution in [-0.4, -0.2) is 23.0 Å². The van der Waals surface area contributed by atoms with Crippen molar-refractivity contribution in [2.75, 3.05) is 12.3 Å². The number of nitrogen functional groups attached to an aromatic ring is 1. The summed E-state index contributed by atoms with van der Waals surface area (Å²) in [7, 11) is 0. The van der Waals surface area contributed by atoms with Gasteiger partial charge in [-0.25, -0.2) is 9.18 Å². The molecular weight excluding hydrogens is 253 g/mol. The number of halogens is 1. The zero-order valence-electron chi connectivity index (χ0n) is 9.93. The molecule has 7 heteroatoms. The smallest absolute Gasteiger partial charge is 0.434 e. The lowest BCUT2D eigenvalue weighted by Crippen LogP contribution is -2.13. The van der Waals surface area contributed by atoms with Gasteiger partial charge in [0.15, 0.2) is 0 Å². The molecule has 19 heavy (non-hydrogen) atoms. The molecule has 0 fully saturated rings. The van der Waals surface area contributed by atoms with E-state index in [0.29, 0.717) is 12.2 Å². The molecule has 0 atom stereocenters. The highest BCUT2D eigenvalue weighted by Crippen LogP contribution is 2.13. The fourth-order valence-electron chi connectivity index (χ4n) is 1.42. The predicted octanol–water partition coefficient (Wildman–Crippen LogP) is 1.89. The zero-order valence-corrected chi connectivity index (χ0v) is 9.93. The van der Waals surface area contributed by atoms with Crippen LogP contribution in [0.15, 0.2) is 30.5 Å². The van der Waals surface area contributed by atoms with E-state index in [2.05, 4.69) is 10.2 Å². The minimum absolute atomic E-state index is 0.0906. The Morgan fingerprint density at radius 2 is 2.32 bits per heavy atom. The van der Waals surface area contributed by atoms with Crippen LogP contribution in [0.4, 0.5) is 15.0 Å². The Kier molecular flexibility index (Phi) is 3.97. The van der Waals surface area contributed by atoms with Gasteiger partial charge in [0.05, 0.1) is 12.8 Å². The highest BCUT2D eigenvalue weighted by atomic mass is 19.1. The number of nitrogens with zero attached hydrogens (tertiary/aromatic N) is 1. The molecule has 6 nitrogen and oxygen atoms in total. The van der Waals surface area contributed by atoms with Gasteiger partial charge in [-0.2, -0.15) is 5.10 Å². The Balaban J connectivity index is 1.77. The van der Waals surface area contributed by atoms with E-state index in [0.717, 1.165) is 11.6 Å². The van der Waals surface area contributed by atoms with E-state index in [9.17, 15) is 9.18 Å². The number of carbonyl (C=O) groups is 1. The van der Waals surface area contributed by atoms with Gasteiger partial charge < -0.3 is 15.2 Å². The molecule has 0 unspecified atom stereocenters. The number of nitrogens with two attached hydrogens (primary N) is 1. The molecule has 0 amide bonds. The van der Waals surface area contributed by atoms with Crippen molar-refractivity contribution in [3.05, 3.63) is 41.8 Å². The lowest BCUT2D eigenvalue weighted by Gasteiger charge is -2.05. The van der Waals surface area contributed by atoms with Gasteiger partial charge in [0, 0.05) is 18.1 Å². The molecule has 0 radical (unpaired) electrons. The third-order valence-corrected chi connectivity index (χ3v) is 2.34. The first-order valence-corrected chi connectivity index (χ1v) is 5.53. The Morgan fingerprint density at radius 1 is 1.47 bits per heavy atom. The molecule has 100 valence electrons. The van der Waals surface area contributed by atoms with Gasteiger partial charge >= 0.3 is 6.16 Å². The SMILES string of the molecule is Nc1[nH]ncc1CCOC(=O)Oc1cccc(F)c1. The van der Waals surface area contributed by atoms with E-state index in [-0.39, 0.29) is 12.4 Å². The van der Waals surface area contributed by atoms with Gasteiger partial charge in [-0.1, -0.05) is 6.07 Å². The maximum Gasteiger partial charge on any atom is 0.513 e. The maximum absolute atomic E-state index is 12.8. The molecular formula is C12H12FN3O3. The summed E-state index contributed by atoms with van der Waals surface area (Å²) in [6, 6.07) is 5.23. The Hall–Kier alpha value is -2.57. The first kappa shape index (κ1) is 12.9. The highest BCUT2D eigenvalue weighted by Gasteiger charge is 2.08. The molecule has 0 saturated carbocycles. The molecule has 2 rings (SSSR count). The summed E-state index contributed by atoms with van der Waals surface area (Å²) in [5.41, 5.74) is 6.31. The van der Waals surface area contributed by atoms with E-state index in [4.69, 9.17) is 15.2 Å². The molecule has 0 spiro atoms. The number of aromatic nitrogens is 2. The summed E-state index contributed by atoms with van der Waals surface area (Å²) in [4.78, 5) is 11.3. The predicted molar refractivity (Wildman–Crippen MR) is 65.1 cm³/mol. The van der Waals surface area contributed by atoms with Gasteiger partial charge in [-0.15, -0.1) is 0 Å². The van der Waals surface area contributed by atoms with Crippen molar-refractivity contribution >= 4 is 12.0 Å². The summed E-state index contributed by atoms with van der Waals surface area (Å²) < 4.78 is 22.5. The largest absolute Gasteiger partial charge is 0.513 e. The number of hydrogen-bond acceptors (Lipinski definition) is 5. The first-order valence-electron chi connectivity index (χ1n) is 5.53. The number of nitrogens with one attached hydrogen (secondary N) is 1. The first-order chi connectivity index (χ1) is 9.15. The van der Waals surface area contributed by atoms with Gasteiger partial charge in [0.1, 0.15) is 17.4 Å². The molecule has 3 N–H and O–H groups in total. The fourth-order valence-corrected chi connectivity index (χ4v) is 1.42. The van der Waals surface area contributed by atoms with Gasteiger partial charge in [-0.3, -0.25) is 5.10 Å². The van der Waals surface area contributed by atoms with Gasteiger partial charge in [0.25, 0.3) is 0 Å². The second-order valence-corrected chi connectivity index (χ2v) is 3.72. The van der Waals surface area contributed by atoms with Crippen LogP contribution in [-0.2, 0) is 11.2 Å². The third kappa shape index (κ3) is 3.70. The number of hydrogen-bond donors (Lipinski definition) is 2. The molecule has 0 aliphatic carbocycles. The number of ether oxygens (including phenoxy) is 2. The molecule has 1 aromatic carbocycles. The van der Waals surface area contributed by atoms with Crippen molar-refractivity contribution in [2.45, 2.75) is 6.42 Å². The van der Waals surface area contributed by atoms with Crippen LogP contribution in [0, 0.1) is 5.82 Å². The molecule has 0 bridgehead atoms. The number of rotatable bonds is 4. The number of carbonyl (C=O) groups excluding carboxylic acids is 1. The van der Waals surface area contributed by atoms with Gasteiger partial charge in [0.2, 0.25) is 0 Å². The van der Waals surface area contributed by atoms with E-state index in [1.165, 1.54) is 18.2 Å². The standard InChI is InChI=1S/C12H12FN3O3/c13-9-2-1-3-10(6-9)19-12(17)18-5-4-8-7-15-16-11(8)14/h1-3,6-7H,4-5H2,(H3,14,15,16). The van der Waals surface area contributed by atoms with Crippen LogP contribution in [0.3, 0.4) is 0 Å². The summed E-state index contributed by atoms with van der Waals surface area (Å²) in [5.74, 6) is 0.0337. The van der Waals surface area contributed by atoms with Crippen molar-refractivity contribution in [3.63, 3.8) is 0 Å². The number of aromatic amines is 1. The summed E-state index contributed by atoms with van der Waals surface area (Å²) >= 11 is 0. The number of benzene rings is 1. The zero-order chi connectivity index (χ0) is 13.7. The maximum atomic E-state index is 12.8. The Labute approximate surface area is 108 Å². The lowest BCUT2D eigenvalue weighted by molar-refractivity contribution is 0.100. The lowest BCUT2D eigenvalue weighted by atomic mass is 10.2. The van der Waals surface area contributed by atoms with Gasteiger partial charge in [-0.05, 0) is 12.1 Å². The average Bonchev–Trinajstić information content (AvgIpc) is 2.75. The fraction of sp³-hybridized carbons (Fsp3) is 0.167. The molecule has 1 aromatic heterocycles. The van der Waals surface area contributed by atoms with Crippen LogP contribution in [0.2, 0.25) is 0 Å². The number of anilines is 1. The van der Waals surface area contributed by atoms with Crippen LogP contribution in [0.5, 0.6) is 5.75 Å². The molecule has 1 heterocycles. The van der Waals surface area contributed by atoms with Crippen molar-refractivity contribution in [1.29, 1.82) is 0 Å². The minimum atomic E-state index is -0.896. The summed E-state index contributed by atoms with van der Waals surface area (Å²) in [5, 5.41) is 6.30. The average molecular weight is 265 g/mol. The Bertz CT molecular complexity index is 571. The van der Waals surface area contributed by atoms with Crippen LogP contribution >= 0.6 is 0 Å². The highest BCUT2D eigenvalue weighted by molar-refractivity contribution is 5.63. The normalized spacial score (nSPS) is 10.2. The van der Waals surface area contributed by atoms with Crippen molar-refractivity contribution in [2.24, 2.45) is 0 Å².